The first-order chi connectivity index (χ1) is 12.8. The van der Waals surface area contributed by atoms with Gasteiger partial charge in [-0.2, -0.15) is 0 Å². The van der Waals surface area contributed by atoms with Gasteiger partial charge in [0.2, 0.25) is 0 Å². The van der Waals surface area contributed by atoms with E-state index in [1.807, 2.05) is 55.4 Å². The van der Waals surface area contributed by atoms with Gasteiger partial charge < -0.3 is 18.9 Å². The molecule has 0 amide bonds. The molecule has 0 radical (unpaired) electrons. The first kappa shape index (κ1) is 23.9. The first-order valence-electron chi connectivity index (χ1n) is 9.14. The third-order valence-corrected chi connectivity index (χ3v) is 6.17. The van der Waals surface area contributed by atoms with Crippen molar-refractivity contribution in [3.8, 4) is 0 Å². The third-order valence-electron chi connectivity index (χ3n) is 6.17. The molecule has 8 heteroatoms. The Bertz CT molecular complexity index is 465. The Morgan fingerprint density at radius 3 is 0.679 bits per heavy atom. The van der Waals surface area contributed by atoms with E-state index < -0.39 is 0 Å². The molecule has 2 aliphatic rings. The molecular formula is C20H32O8. The highest BCUT2D eigenvalue weighted by molar-refractivity contribution is 5.42. The van der Waals surface area contributed by atoms with E-state index in [1.165, 1.54) is 0 Å². The van der Waals surface area contributed by atoms with Gasteiger partial charge in [0.1, 0.15) is 24.4 Å². The SMILES string of the molecule is CC1(C)C(OC=O)C(C)(C)C1OC=O.CC1(C)C(OC=O)C(C)(C)C1OC=O. The fourth-order valence-electron chi connectivity index (χ4n) is 5.82. The van der Waals surface area contributed by atoms with Gasteiger partial charge in [0.05, 0.1) is 0 Å². The van der Waals surface area contributed by atoms with Crippen molar-refractivity contribution in [1.82, 2.24) is 0 Å². The van der Waals surface area contributed by atoms with Crippen molar-refractivity contribution in [2.75, 3.05) is 0 Å². The average Bonchev–Trinajstić information content (AvgIpc) is 2.59. The molecule has 0 bridgehead atoms. The highest BCUT2D eigenvalue weighted by Crippen LogP contribution is 2.57. The molecule has 0 spiro atoms. The van der Waals surface area contributed by atoms with Crippen LogP contribution >= 0.6 is 0 Å². The van der Waals surface area contributed by atoms with Gasteiger partial charge in [0.15, 0.2) is 0 Å². The Hall–Kier alpha value is -2.12. The minimum atomic E-state index is -0.314. The Labute approximate surface area is 166 Å². The van der Waals surface area contributed by atoms with Crippen molar-refractivity contribution in [3.05, 3.63) is 0 Å². The minimum absolute atomic E-state index is 0.211. The minimum Gasteiger partial charge on any atom is -0.463 e. The summed E-state index contributed by atoms with van der Waals surface area (Å²) in [6.07, 6.45) is -0.843. The van der Waals surface area contributed by atoms with E-state index in [9.17, 15) is 19.2 Å². The van der Waals surface area contributed by atoms with E-state index in [0.717, 1.165) is 0 Å². The summed E-state index contributed by atoms with van der Waals surface area (Å²) in [6.45, 7) is 17.1. The molecule has 0 heterocycles. The van der Waals surface area contributed by atoms with Crippen LogP contribution in [0.15, 0.2) is 0 Å². The van der Waals surface area contributed by atoms with Gasteiger partial charge in [-0.3, -0.25) is 19.2 Å². The Kier molecular flexibility index (Phi) is 6.91. The zero-order valence-electron chi connectivity index (χ0n) is 17.9. The molecule has 0 aliphatic heterocycles. The average molecular weight is 400 g/mol. The fourth-order valence-corrected chi connectivity index (χ4v) is 5.82. The number of hydrogen-bond donors (Lipinski definition) is 0. The number of carbonyl (C=O) groups excluding carboxylic acids is 4. The molecule has 28 heavy (non-hydrogen) atoms. The normalized spacial score (nSPS) is 32.6. The predicted octanol–water partition coefficient (Wildman–Crippen LogP) is 2.27. The molecule has 0 aromatic rings. The lowest BCUT2D eigenvalue weighted by atomic mass is 9.51. The number of carbonyl (C=O) groups is 4. The highest BCUT2D eigenvalue weighted by atomic mass is 16.6. The molecule has 2 saturated carbocycles. The highest BCUT2D eigenvalue weighted by Gasteiger charge is 2.66. The molecule has 2 rings (SSSR count). The quantitative estimate of drug-likeness (QED) is 0.451. The third kappa shape index (κ3) is 3.73. The van der Waals surface area contributed by atoms with Gasteiger partial charge in [-0.15, -0.1) is 0 Å². The molecule has 0 N–H and O–H groups in total. The lowest BCUT2D eigenvalue weighted by Crippen LogP contribution is -2.69. The first-order valence-corrected chi connectivity index (χ1v) is 9.14. The summed E-state index contributed by atoms with van der Waals surface area (Å²) < 4.78 is 20.0. The van der Waals surface area contributed by atoms with Crippen molar-refractivity contribution in [2.24, 2.45) is 21.7 Å². The molecule has 2 fully saturated rings. The summed E-state index contributed by atoms with van der Waals surface area (Å²) in [4.78, 5) is 41.3. The summed E-state index contributed by atoms with van der Waals surface area (Å²) in [6, 6.07) is 0. The second-order valence-corrected chi connectivity index (χ2v) is 9.73. The summed E-state index contributed by atoms with van der Waals surface area (Å²) in [7, 11) is 0. The van der Waals surface area contributed by atoms with Crippen molar-refractivity contribution in [3.63, 3.8) is 0 Å². The van der Waals surface area contributed by atoms with Gasteiger partial charge in [-0.05, 0) is 0 Å². The van der Waals surface area contributed by atoms with Crippen LogP contribution in [0, 0.1) is 21.7 Å². The van der Waals surface area contributed by atoms with E-state index in [1.54, 1.807) is 0 Å². The van der Waals surface area contributed by atoms with Crippen LogP contribution in [0.4, 0.5) is 0 Å². The molecule has 160 valence electrons. The van der Waals surface area contributed by atoms with Crippen LogP contribution < -0.4 is 0 Å². The molecule has 0 aromatic carbocycles. The maximum Gasteiger partial charge on any atom is 0.293 e. The largest absolute Gasteiger partial charge is 0.463 e. The second kappa shape index (κ2) is 8.09. The van der Waals surface area contributed by atoms with Gasteiger partial charge in [-0.25, -0.2) is 0 Å². The monoisotopic (exact) mass is 400 g/mol. The van der Waals surface area contributed by atoms with Gasteiger partial charge in [0, 0.05) is 21.7 Å². The van der Waals surface area contributed by atoms with Crippen molar-refractivity contribution in [2.45, 2.75) is 79.8 Å². The van der Waals surface area contributed by atoms with E-state index >= 15 is 0 Å². The van der Waals surface area contributed by atoms with Crippen LogP contribution in [0.25, 0.3) is 0 Å². The van der Waals surface area contributed by atoms with Gasteiger partial charge >= 0.3 is 0 Å². The van der Waals surface area contributed by atoms with E-state index in [4.69, 9.17) is 18.9 Å². The van der Waals surface area contributed by atoms with Crippen molar-refractivity contribution < 1.29 is 38.1 Å². The fraction of sp³-hybridized carbons (Fsp3) is 0.800. The summed E-state index contributed by atoms with van der Waals surface area (Å²) in [5, 5.41) is 0. The Morgan fingerprint density at radius 1 is 0.429 bits per heavy atom. The molecule has 0 saturated heterocycles. The molecule has 0 atom stereocenters. The van der Waals surface area contributed by atoms with Crippen LogP contribution in [0.5, 0.6) is 0 Å². The number of rotatable bonds is 8. The van der Waals surface area contributed by atoms with Crippen LogP contribution in [-0.2, 0) is 38.1 Å². The maximum absolute atomic E-state index is 10.3. The maximum atomic E-state index is 10.3. The standard InChI is InChI=1S/2C10H16O4/c2*1-9(2)7(13-5-11)10(3,4)8(9)14-6-12/h2*5-8H,1-4H3. The molecule has 0 unspecified atom stereocenters. The Balaban J connectivity index is 0.000000280. The summed E-state index contributed by atoms with van der Waals surface area (Å²) in [5.41, 5.74) is -1.26. The zero-order chi connectivity index (χ0) is 22.0. The van der Waals surface area contributed by atoms with E-state index in [-0.39, 0.29) is 46.1 Å². The van der Waals surface area contributed by atoms with Crippen molar-refractivity contribution >= 4 is 25.9 Å². The van der Waals surface area contributed by atoms with Gasteiger partial charge in [-0.1, -0.05) is 55.4 Å². The van der Waals surface area contributed by atoms with Crippen LogP contribution in [0.2, 0.25) is 0 Å². The van der Waals surface area contributed by atoms with Crippen LogP contribution in [0.3, 0.4) is 0 Å². The predicted molar refractivity (Wildman–Crippen MR) is 98.9 cm³/mol. The molecular weight excluding hydrogens is 368 g/mol. The van der Waals surface area contributed by atoms with Crippen LogP contribution in [0.1, 0.15) is 55.4 Å². The second-order valence-electron chi connectivity index (χ2n) is 9.73. The molecule has 2 aliphatic carbocycles. The van der Waals surface area contributed by atoms with E-state index in [0.29, 0.717) is 25.9 Å². The molecule has 8 nitrogen and oxygen atoms in total. The number of hydrogen-bond acceptors (Lipinski definition) is 8. The zero-order valence-corrected chi connectivity index (χ0v) is 17.9. The van der Waals surface area contributed by atoms with Crippen molar-refractivity contribution in [1.29, 1.82) is 0 Å². The lowest BCUT2D eigenvalue weighted by molar-refractivity contribution is -0.258. The number of ether oxygens (including phenoxy) is 4. The lowest BCUT2D eigenvalue weighted by Gasteiger charge is -2.60. The van der Waals surface area contributed by atoms with Gasteiger partial charge in [0.25, 0.3) is 25.9 Å². The summed E-state index contributed by atoms with van der Waals surface area (Å²) >= 11 is 0. The molecule has 0 aromatic heterocycles. The Morgan fingerprint density at radius 2 is 0.571 bits per heavy atom. The topological polar surface area (TPSA) is 105 Å². The van der Waals surface area contributed by atoms with Crippen LogP contribution in [-0.4, -0.2) is 50.3 Å². The van der Waals surface area contributed by atoms with E-state index in [2.05, 4.69) is 0 Å². The smallest absolute Gasteiger partial charge is 0.293 e. The summed E-state index contributed by atoms with van der Waals surface area (Å²) in [5.74, 6) is 0.